The fourth-order valence-electron chi connectivity index (χ4n) is 1.94. The molecule has 2 nitrogen and oxygen atoms in total. The number of rotatable bonds is 2. The standard InChI is InChI=1S/C15H10F2N2S/c16-9-4-5-14(11(17)8-9)20-13-6-7-19-15-10(13)2-1-3-12(15)18/h1-8H,18H2. The first-order chi connectivity index (χ1) is 9.65. The first-order valence-corrected chi connectivity index (χ1v) is 6.73. The molecule has 0 saturated carbocycles. The van der Waals surface area contributed by atoms with Crippen LogP contribution in [0, 0.1) is 11.6 Å². The van der Waals surface area contributed by atoms with Gasteiger partial charge in [0, 0.05) is 27.4 Å². The lowest BCUT2D eigenvalue weighted by Gasteiger charge is -2.08. The van der Waals surface area contributed by atoms with Crippen LogP contribution in [0.15, 0.2) is 58.5 Å². The highest BCUT2D eigenvalue weighted by Crippen LogP contribution is 2.35. The largest absolute Gasteiger partial charge is 0.397 e. The summed E-state index contributed by atoms with van der Waals surface area (Å²) in [5.41, 5.74) is 7.13. The molecule has 0 fully saturated rings. The molecule has 0 radical (unpaired) electrons. The molecule has 0 atom stereocenters. The number of hydrogen-bond acceptors (Lipinski definition) is 3. The van der Waals surface area contributed by atoms with Gasteiger partial charge >= 0.3 is 0 Å². The number of fused-ring (bicyclic) bond motifs is 1. The van der Waals surface area contributed by atoms with Crippen molar-refractivity contribution in [3.8, 4) is 0 Å². The maximum Gasteiger partial charge on any atom is 0.140 e. The Morgan fingerprint density at radius 1 is 1.00 bits per heavy atom. The van der Waals surface area contributed by atoms with Crippen LogP contribution in [-0.2, 0) is 0 Å². The highest BCUT2D eigenvalue weighted by atomic mass is 32.2. The molecular formula is C15H10F2N2S. The number of para-hydroxylation sites is 1. The van der Waals surface area contributed by atoms with Crippen LogP contribution in [0.2, 0.25) is 0 Å². The van der Waals surface area contributed by atoms with Crippen molar-refractivity contribution in [2.24, 2.45) is 0 Å². The van der Waals surface area contributed by atoms with E-state index in [4.69, 9.17) is 5.73 Å². The van der Waals surface area contributed by atoms with Gasteiger partial charge in [-0.1, -0.05) is 23.9 Å². The number of aromatic nitrogens is 1. The summed E-state index contributed by atoms with van der Waals surface area (Å²) < 4.78 is 26.6. The predicted octanol–water partition coefficient (Wildman–Crippen LogP) is 4.25. The average Bonchev–Trinajstić information content (AvgIpc) is 2.43. The topological polar surface area (TPSA) is 38.9 Å². The average molecular weight is 288 g/mol. The van der Waals surface area contributed by atoms with Crippen LogP contribution >= 0.6 is 11.8 Å². The molecule has 0 aliphatic rings. The summed E-state index contributed by atoms with van der Waals surface area (Å²) in [7, 11) is 0. The zero-order valence-corrected chi connectivity index (χ0v) is 11.1. The summed E-state index contributed by atoms with van der Waals surface area (Å²) in [4.78, 5) is 5.42. The summed E-state index contributed by atoms with van der Waals surface area (Å²) in [5.74, 6) is -1.17. The number of anilines is 1. The van der Waals surface area contributed by atoms with Gasteiger partial charge < -0.3 is 5.73 Å². The Balaban J connectivity index is 2.09. The number of nitrogens with zero attached hydrogens (tertiary/aromatic N) is 1. The Labute approximate surface area is 118 Å². The highest BCUT2D eigenvalue weighted by Gasteiger charge is 2.09. The van der Waals surface area contributed by atoms with E-state index >= 15 is 0 Å². The molecule has 100 valence electrons. The third-order valence-electron chi connectivity index (χ3n) is 2.88. The smallest absolute Gasteiger partial charge is 0.140 e. The number of nitrogens with two attached hydrogens (primary N) is 1. The number of halogens is 2. The van der Waals surface area contributed by atoms with Crippen LogP contribution in [0.3, 0.4) is 0 Å². The SMILES string of the molecule is Nc1cccc2c(Sc3ccc(F)cc3F)ccnc12. The van der Waals surface area contributed by atoms with Crippen LogP contribution in [0.5, 0.6) is 0 Å². The minimum atomic E-state index is -0.587. The lowest BCUT2D eigenvalue weighted by Crippen LogP contribution is -1.90. The number of nitrogen functional groups attached to an aromatic ring is 1. The molecular weight excluding hydrogens is 278 g/mol. The van der Waals surface area contributed by atoms with Gasteiger partial charge in [-0.15, -0.1) is 0 Å². The second-order valence-electron chi connectivity index (χ2n) is 4.23. The van der Waals surface area contributed by atoms with E-state index in [-0.39, 0.29) is 0 Å². The Hall–Kier alpha value is -2.14. The molecule has 20 heavy (non-hydrogen) atoms. The molecule has 1 aromatic heterocycles. The third kappa shape index (κ3) is 2.32. The third-order valence-corrected chi connectivity index (χ3v) is 4.00. The van der Waals surface area contributed by atoms with Gasteiger partial charge in [0.05, 0.1) is 11.2 Å². The van der Waals surface area contributed by atoms with Gasteiger partial charge in [-0.3, -0.25) is 4.98 Å². The van der Waals surface area contributed by atoms with Crippen molar-refractivity contribution in [3.63, 3.8) is 0 Å². The van der Waals surface area contributed by atoms with E-state index in [0.29, 0.717) is 16.1 Å². The van der Waals surface area contributed by atoms with E-state index < -0.39 is 11.6 Å². The van der Waals surface area contributed by atoms with Crippen molar-refractivity contribution in [1.29, 1.82) is 0 Å². The van der Waals surface area contributed by atoms with Crippen molar-refractivity contribution in [1.82, 2.24) is 4.98 Å². The second-order valence-corrected chi connectivity index (χ2v) is 5.31. The van der Waals surface area contributed by atoms with Gasteiger partial charge in [0.1, 0.15) is 11.6 Å². The van der Waals surface area contributed by atoms with E-state index in [1.54, 1.807) is 18.3 Å². The van der Waals surface area contributed by atoms with Crippen LogP contribution < -0.4 is 5.73 Å². The van der Waals surface area contributed by atoms with Gasteiger partial charge in [-0.05, 0) is 24.3 Å². The maximum absolute atomic E-state index is 13.7. The Kier molecular flexibility index (Phi) is 3.28. The van der Waals surface area contributed by atoms with Crippen LogP contribution in [-0.4, -0.2) is 4.98 Å². The van der Waals surface area contributed by atoms with E-state index in [2.05, 4.69) is 4.98 Å². The van der Waals surface area contributed by atoms with Gasteiger partial charge in [0.15, 0.2) is 0 Å². The van der Waals surface area contributed by atoms with Crippen molar-refractivity contribution in [2.75, 3.05) is 5.73 Å². The zero-order valence-electron chi connectivity index (χ0n) is 10.3. The first kappa shape index (κ1) is 12.9. The minimum absolute atomic E-state index is 0.362. The van der Waals surface area contributed by atoms with Gasteiger partial charge in [0.25, 0.3) is 0 Å². The van der Waals surface area contributed by atoms with E-state index in [0.717, 1.165) is 16.3 Å². The van der Waals surface area contributed by atoms with Crippen LogP contribution in [0.4, 0.5) is 14.5 Å². The van der Waals surface area contributed by atoms with Crippen LogP contribution in [0.25, 0.3) is 10.9 Å². The van der Waals surface area contributed by atoms with E-state index in [1.807, 2.05) is 12.1 Å². The fourth-order valence-corrected chi connectivity index (χ4v) is 2.87. The van der Waals surface area contributed by atoms with Crippen LogP contribution in [0.1, 0.15) is 0 Å². The molecule has 0 spiro atoms. The normalized spacial score (nSPS) is 10.9. The molecule has 0 aliphatic carbocycles. The summed E-state index contributed by atoms with van der Waals surface area (Å²) >= 11 is 1.22. The highest BCUT2D eigenvalue weighted by molar-refractivity contribution is 7.99. The number of hydrogen-bond donors (Lipinski definition) is 1. The molecule has 0 saturated heterocycles. The fraction of sp³-hybridized carbons (Fsp3) is 0. The summed E-state index contributed by atoms with van der Waals surface area (Å²) in [6, 6.07) is 10.8. The molecule has 2 N–H and O–H groups in total. The monoisotopic (exact) mass is 288 g/mol. The Bertz CT molecular complexity index is 790. The number of pyridine rings is 1. The summed E-state index contributed by atoms with van der Waals surface area (Å²) in [6.07, 6.45) is 1.63. The molecule has 0 amide bonds. The molecule has 0 aliphatic heterocycles. The van der Waals surface area contributed by atoms with Crippen molar-refractivity contribution in [3.05, 3.63) is 60.3 Å². The van der Waals surface area contributed by atoms with Gasteiger partial charge in [-0.2, -0.15) is 0 Å². The molecule has 0 bridgehead atoms. The van der Waals surface area contributed by atoms with Crippen molar-refractivity contribution in [2.45, 2.75) is 9.79 Å². The summed E-state index contributed by atoms with van der Waals surface area (Å²) in [5, 5.41) is 0.848. The van der Waals surface area contributed by atoms with Crippen molar-refractivity contribution >= 4 is 28.4 Å². The molecule has 5 heteroatoms. The zero-order chi connectivity index (χ0) is 14.1. The van der Waals surface area contributed by atoms with Gasteiger partial charge in [-0.25, -0.2) is 8.78 Å². The number of benzene rings is 2. The van der Waals surface area contributed by atoms with Gasteiger partial charge in [0.2, 0.25) is 0 Å². The van der Waals surface area contributed by atoms with E-state index in [9.17, 15) is 8.78 Å². The quantitative estimate of drug-likeness (QED) is 0.717. The van der Waals surface area contributed by atoms with E-state index in [1.165, 1.54) is 23.9 Å². The molecule has 0 unspecified atom stereocenters. The van der Waals surface area contributed by atoms with Crippen molar-refractivity contribution < 1.29 is 8.78 Å². The maximum atomic E-state index is 13.7. The Morgan fingerprint density at radius 3 is 2.65 bits per heavy atom. The lowest BCUT2D eigenvalue weighted by molar-refractivity contribution is 0.566. The lowest BCUT2D eigenvalue weighted by atomic mass is 10.2. The predicted molar refractivity (Wildman–Crippen MR) is 76.6 cm³/mol. The molecule has 3 rings (SSSR count). The second kappa shape index (κ2) is 5.09. The molecule has 2 aromatic carbocycles. The molecule has 3 aromatic rings. The molecule has 1 heterocycles. The Morgan fingerprint density at radius 2 is 1.85 bits per heavy atom. The minimum Gasteiger partial charge on any atom is -0.397 e. The summed E-state index contributed by atoms with van der Waals surface area (Å²) in [6.45, 7) is 0. The first-order valence-electron chi connectivity index (χ1n) is 5.91.